The lowest BCUT2D eigenvalue weighted by Crippen LogP contribution is -2.40. The molecule has 0 radical (unpaired) electrons. The molecule has 2 aromatic rings. The zero-order valence-corrected chi connectivity index (χ0v) is 20.3. The van der Waals surface area contributed by atoms with E-state index in [1.807, 2.05) is 0 Å². The molecular weight excluding hydrogens is 472 g/mol. The van der Waals surface area contributed by atoms with E-state index < -0.39 is 11.9 Å². The third-order valence-corrected chi connectivity index (χ3v) is 8.80. The molecule has 6 aliphatic rings. The number of allylic oxidation sites excluding steroid dienone is 2. The number of rotatable bonds is 5. The number of hydrogen-bond acceptors (Lipinski definition) is 6. The third-order valence-electron chi connectivity index (χ3n) is 8.80. The summed E-state index contributed by atoms with van der Waals surface area (Å²) in [5.41, 5.74) is 1.11. The summed E-state index contributed by atoms with van der Waals surface area (Å²) in [6, 6.07) is 13.7. The van der Waals surface area contributed by atoms with Gasteiger partial charge in [0, 0.05) is 24.7 Å². The molecule has 37 heavy (non-hydrogen) atoms. The molecule has 3 amide bonds. The molecule has 0 unspecified atom stereocenters. The summed E-state index contributed by atoms with van der Waals surface area (Å²) in [5, 5.41) is 0. The second-order valence-corrected chi connectivity index (χ2v) is 10.7. The molecule has 8 heteroatoms. The van der Waals surface area contributed by atoms with Crippen LogP contribution >= 0.6 is 0 Å². The zero-order chi connectivity index (χ0) is 25.4. The number of anilines is 2. The Morgan fingerprint density at radius 2 is 1.54 bits per heavy atom. The largest absolute Gasteiger partial charge is 0.497 e. The van der Waals surface area contributed by atoms with Crippen molar-refractivity contribution in [2.45, 2.75) is 12.8 Å². The Balaban J connectivity index is 1.06. The van der Waals surface area contributed by atoms with E-state index in [0.29, 0.717) is 29.0 Å². The van der Waals surface area contributed by atoms with E-state index in [1.54, 1.807) is 60.5 Å². The Hall–Kier alpha value is -3.94. The SMILES string of the molecule is COc1ccc(N2C[C@H](C(=O)Oc3cccc(N4C(=O)[C@@H]5[C@H]6C=C[C@@H]([C@@H]7C[C@@H]67)[C@@H]5C4=O)c3)CC2=O)cc1. The average Bonchev–Trinajstić information content (AvgIpc) is 3.59. The van der Waals surface area contributed by atoms with Crippen molar-refractivity contribution < 1.29 is 28.7 Å². The fourth-order valence-corrected chi connectivity index (χ4v) is 6.97. The van der Waals surface area contributed by atoms with Crippen molar-refractivity contribution >= 4 is 35.1 Å². The van der Waals surface area contributed by atoms with Gasteiger partial charge in [0.2, 0.25) is 17.7 Å². The van der Waals surface area contributed by atoms with E-state index in [4.69, 9.17) is 9.47 Å². The normalized spacial score (nSPS) is 33.0. The van der Waals surface area contributed by atoms with Crippen LogP contribution in [-0.4, -0.2) is 37.3 Å². The standard InChI is InChI=1S/C29H26N2O6/c1-36-18-7-5-16(6-8-18)30-14-15(11-24(30)32)29(35)37-19-4-2-3-17(12-19)31-27(33)25-20-9-10-21(23-13-22(20)23)26(25)28(31)34/h2-10,12,15,20-23,25-26H,11,13-14H2,1H3/t15-,20+,21+,22+,23+,25-,26+/m1/s1. The molecule has 2 heterocycles. The number of imide groups is 1. The molecule has 8 nitrogen and oxygen atoms in total. The van der Waals surface area contributed by atoms with Gasteiger partial charge in [0.1, 0.15) is 11.5 Å². The zero-order valence-electron chi connectivity index (χ0n) is 20.3. The van der Waals surface area contributed by atoms with E-state index in [0.717, 1.165) is 6.42 Å². The van der Waals surface area contributed by atoms with Crippen molar-refractivity contribution in [3.8, 4) is 11.5 Å². The van der Waals surface area contributed by atoms with Crippen LogP contribution in [-0.2, 0) is 19.2 Å². The van der Waals surface area contributed by atoms with Crippen molar-refractivity contribution in [2.75, 3.05) is 23.5 Å². The molecule has 4 fully saturated rings. The summed E-state index contributed by atoms with van der Waals surface area (Å²) in [7, 11) is 1.57. The molecule has 0 N–H and O–H groups in total. The second kappa shape index (κ2) is 8.03. The van der Waals surface area contributed by atoms with Crippen molar-refractivity contribution in [2.24, 2.45) is 41.4 Å². The number of esters is 1. The minimum absolute atomic E-state index is 0.0507. The summed E-state index contributed by atoms with van der Waals surface area (Å²) < 4.78 is 10.8. The van der Waals surface area contributed by atoms with E-state index in [-0.39, 0.29) is 60.1 Å². The third kappa shape index (κ3) is 3.35. The lowest BCUT2D eigenvalue weighted by Gasteiger charge is -2.37. The summed E-state index contributed by atoms with van der Waals surface area (Å²) in [5.74, 6) is 0.125. The van der Waals surface area contributed by atoms with Crippen molar-refractivity contribution in [1.29, 1.82) is 0 Å². The van der Waals surface area contributed by atoms with Gasteiger partial charge in [-0.1, -0.05) is 18.2 Å². The number of amides is 3. The van der Waals surface area contributed by atoms with Crippen LogP contribution in [0.3, 0.4) is 0 Å². The number of carbonyl (C=O) groups excluding carboxylic acids is 4. The van der Waals surface area contributed by atoms with Crippen molar-refractivity contribution in [1.82, 2.24) is 0 Å². The van der Waals surface area contributed by atoms with Crippen LogP contribution in [0.2, 0.25) is 0 Å². The number of carbonyl (C=O) groups is 4. The fraction of sp³-hybridized carbons (Fsp3) is 0.379. The molecule has 2 saturated carbocycles. The first kappa shape index (κ1) is 22.3. The summed E-state index contributed by atoms with van der Waals surface area (Å²) in [4.78, 5) is 55.2. The van der Waals surface area contributed by atoms with E-state index in [9.17, 15) is 19.2 Å². The number of benzene rings is 2. The summed E-state index contributed by atoms with van der Waals surface area (Å²) in [6.45, 7) is 0.217. The van der Waals surface area contributed by atoms with Gasteiger partial charge in [0.25, 0.3) is 0 Å². The highest BCUT2D eigenvalue weighted by Gasteiger charge is 2.67. The van der Waals surface area contributed by atoms with Gasteiger partial charge in [0.15, 0.2) is 0 Å². The molecule has 2 bridgehead atoms. The number of ether oxygens (including phenoxy) is 2. The Kier molecular flexibility index (Phi) is 4.83. The van der Waals surface area contributed by atoms with Gasteiger partial charge in [0.05, 0.1) is 30.6 Å². The predicted octanol–water partition coefficient (Wildman–Crippen LogP) is 3.21. The van der Waals surface area contributed by atoms with E-state index >= 15 is 0 Å². The molecule has 2 aliphatic heterocycles. The Labute approximate surface area is 213 Å². The topological polar surface area (TPSA) is 93.2 Å². The number of hydrogen-bond donors (Lipinski definition) is 0. The van der Waals surface area contributed by atoms with Crippen LogP contribution < -0.4 is 19.3 Å². The quantitative estimate of drug-likeness (QED) is 0.272. The Bertz CT molecular complexity index is 1330. The lowest BCUT2D eigenvalue weighted by molar-refractivity contribution is -0.139. The Morgan fingerprint density at radius 1 is 0.865 bits per heavy atom. The van der Waals surface area contributed by atoms with E-state index in [1.165, 1.54) is 4.90 Å². The Morgan fingerprint density at radius 3 is 2.19 bits per heavy atom. The first-order valence-electron chi connectivity index (χ1n) is 12.8. The fourth-order valence-electron chi connectivity index (χ4n) is 6.97. The van der Waals surface area contributed by atoms with Gasteiger partial charge < -0.3 is 14.4 Å². The van der Waals surface area contributed by atoms with Crippen molar-refractivity contribution in [3.63, 3.8) is 0 Å². The maximum Gasteiger partial charge on any atom is 0.316 e. The highest BCUT2D eigenvalue weighted by molar-refractivity contribution is 6.22. The maximum atomic E-state index is 13.4. The molecule has 2 saturated heterocycles. The van der Waals surface area contributed by atoms with Crippen LogP contribution in [0.15, 0.2) is 60.7 Å². The highest BCUT2D eigenvalue weighted by atomic mass is 16.5. The molecule has 0 spiro atoms. The van der Waals surface area contributed by atoms with Crippen molar-refractivity contribution in [3.05, 3.63) is 60.7 Å². The van der Waals surface area contributed by atoms with Crippen LogP contribution in [0.4, 0.5) is 11.4 Å². The van der Waals surface area contributed by atoms with Gasteiger partial charge in [-0.3, -0.25) is 19.2 Å². The van der Waals surface area contributed by atoms with E-state index in [2.05, 4.69) is 12.2 Å². The molecule has 7 atom stereocenters. The molecule has 188 valence electrons. The van der Waals surface area contributed by atoms with Crippen LogP contribution in [0.1, 0.15) is 12.8 Å². The van der Waals surface area contributed by atoms with Crippen LogP contribution in [0.25, 0.3) is 0 Å². The maximum absolute atomic E-state index is 13.4. The van der Waals surface area contributed by atoms with Gasteiger partial charge in [-0.2, -0.15) is 0 Å². The van der Waals surface area contributed by atoms with Gasteiger partial charge >= 0.3 is 5.97 Å². The summed E-state index contributed by atoms with van der Waals surface area (Å²) >= 11 is 0. The molecule has 8 rings (SSSR count). The van der Waals surface area contributed by atoms with Crippen LogP contribution in [0.5, 0.6) is 11.5 Å². The molecule has 4 aliphatic carbocycles. The van der Waals surface area contributed by atoms with Gasteiger partial charge in [-0.25, -0.2) is 4.90 Å². The average molecular weight is 499 g/mol. The number of methoxy groups -OCH3 is 1. The number of nitrogens with zero attached hydrogens (tertiary/aromatic N) is 2. The molecule has 0 aromatic heterocycles. The monoisotopic (exact) mass is 498 g/mol. The lowest BCUT2D eigenvalue weighted by atomic mass is 9.63. The second-order valence-electron chi connectivity index (χ2n) is 10.7. The minimum Gasteiger partial charge on any atom is -0.497 e. The predicted molar refractivity (Wildman–Crippen MR) is 133 cm³/mol. The van der Waals surface area contributed by atoms with Crippen LogP contribution in [0, 0.1) is 41.4 Å². The highest BCUT2D eigenvalue weighted by Crippen LogP contribution is 2.65. The smallest absolute Gasteiger partial charge is 0.316 e. The first-order valence-corrected chi connectivity index (χ1v) is 12.8. The summed E-state index contributed by atoms with van der Waals surface area (Å²) in [6.07, 6.45) is 5.45. The van der Waals surface area contributed by atoms with Gasteiger partial charge in [-0.05, 0) is 66.5 Å². The first-order chi connectivity index (χ1) is 17.9. The van der Waals surface area contributed by atoms with Gasteiger partial charge in [-0.15, -0.1) is 0 Å². The molecular formula is C29H26N2O6. The minimum atomic E-state index is -0.621. The molecule has 2 aromatic carbocycles.